The molecule has 6 nitrogen and oxygen atoms in total. The zero-order valence-corrected chi connectivity index (χ0v) is 13.7. The molecule has 0 aliphatic rings. The Kier molecular flexibility index (Phi) is 5.84. The van der Waals surface area contributed by atoms with Crippen molar-refractivity contribution in [2.45, 2.75) is 20.0 Å². The van der Waals surface area contributed by atoms with Crippen molar-refractivity contribution >= 4 is 29.2 Å². The topological polar surface area (TPSA) is 84.5 Å². The lowest BCUT2D eigenvalue weighted by molar-refractivity contribution is -0.123. The fraction of sp³-hybridized carbons (Fsp3) is 0.167. The summed E-state index contributed by atoms with van der Waals surface area (Å²) < 4.78 is 18.6. The van der Waals surface area contributed by atoms with Gasteiger partial charge in [-0.2, -0.15) is 0 Å². The highest BCUT2D eigenvalue weighted by molar-refractivity contribution is 5.97. The van der Waals surface area contributed by atoms with E-state index in [9.17, 15) is 18.8 Å². The molecule has 0 spiro atoms. The molecular formula is C18H17FN2O4. The van der Waals surface area contributed by atoms with E-state index < -0.39 is 23.8 Å². The van der Waals surface area contributed by atoms with E-state index in [4.69, 9.17) is 4.74 Å². The van der Waals surface area contributed by atoms with Crippen molar-refractivity contribution in [1.29, 1.82) is 0 Å². The average molecular weight is 344 g/mol. The maximum Gasteiger partial charge on any atom is 0.338 e. The van der Waals surface area contributed by atoms with Gasteiger partial charge >= 0.3 is 5.97 Å². The number of benzene rings is 2. The molecular weight excluding hydrogens is 327 g/mol. The van der Waals surface area contributed by atoms with Gasteiger partial charge in [-0.3, -0.25) is 9.59 Å². The molecule has 2 rings (SSSR count). The van der Waals surface area contributed by atoms with Crippen molar-refractivity contribution in [2.24, 2.45) is 0 Å². The molecule has 130 valence electrons. The molecule has 25 heavy (non-hydrogen) atoms. The van der Waals surface area contributed by atoms with Gasteiger partial charge in [-0.25, -0.2) is 9.18 Å². The number of hydrogen-bond donors (Lipinski definition) is 2. The monoisotopic (exact) mass is 344 g/mol. The average Bonchev–Trinajstić information content (AvgIpc) is 2.56. The number of amides is 2. The molecule has 7 heteroatoms. The molecule has 0 aromatic heterocycles. The van der Waals surface area contributed by atoms with Gasteiger partial charge in [-0.05, 0) is 43.3 Å². The quantitative estimate of drug-likeness (QED) is 0.817. The first kappa shape index (κ1) is 18.1. The van der Waals surface area contributed by atoms with Crippen LogP contribution < -0.4 is 10.6 Å². The number of ether oxygens (including phenoxy) is 1. The van der Waals surface area contributed by atoms with Crippen molar-refractivity contribution in [3.63, 3.8) is 0 Å². The van der Waals surface area contributed by atoms with E-state index in [-0.39, 0.29) is 17.2 Å². The second kappa shape index (κ2) is 8.05. The Bertz CT molecular complexity index is 790. The Hall–Kier alpha value is -3.22. The van der Waals surface area contributed by atoms with Crippen LogP contribution in [0.4, 0.5) is 15.8 Å². The van der Waals surface area contributed by atoms with E-state index in [1.54, 1.807) is 18.2 Å². The molecule has 0 bridgehead atoms. The molecule has 0 radical (unpaired) electrons. The summed E-state index contributed by atoms with van der Waals surface area (Å²) in [5.41, 5.74) is 0.768. The van der Waals surface area contributed by atoms with Crippen molar-refractivity contribution in [3.05, 3.63) is 59.9 Å². The fourth-order valence-electron chi connectivity index (χ4n) is 1.97. The van der Waals surface area contributed by atoms with Gasteiger partial charge in [0.2, 0.25) is 5.91 Å². The van der Waals surface area contributed by atoms with Crippen LogP contribution >= 0.6 is 0 Å². The van der Waals surface area contributed by atoms with E-state index >= 15 is 0 Å². The Morgan fingerprint density at radius 1 is 1.00 bits per heavy atom. The van der Waals surface area contributed by atoms with Gasteiger partial charge in [-0.15, -0.1) is 0 Å². The lowest BCUT2D eigenvalue weighted by Crippen LogP contribution is -2.30. The van der Waals surface area contributed by atoms with Crippen LogP contribution in [0.1, 0.15) is 24.2 Å². The number of carbonyl (C=O) groups is 3. The summed E-state index contributed by atoms with van der Waals surface area (Å²) in [4.78, 5) is 35.0. The lowest BCUT2D eigenvalue weighted by Gasteiger charge is -2.14. The van der Waals surface area contributed by atoms with E-state index in [2.05, 4.69) is 10.6 Å². The standard InChI is InChI=1S/C18H17FN2O4/c1-11(17(23)21-16-6-4-3-5-15(16)19)25-18(24)13-7-9-14(10-8-13)20-12(2)22/h3-11H,1-2H3,(H,20,22)(H,21,23)/t11-/m1/s1. The van der Waals surface area contributed by atoms with Gasteiger partial charge in [-0.1, -0.05) is 12.1 Å². The van der Waals surface area contributed by atoms with Crippen LogP contribution in [0.15, 0.2) is 48.5 Å². The van der Waals surface area contributed by atoms with Crippen LogP contribution in [0.3, 0.4) is 0 Å². The van der Waals surface area contributed by atoms with Crippen molar-refractivity contribution < 1.29 is 23.5 Å². The predicted octanol–water partition coefficient (Wildman–Crippen LogP) is 2.97. The third kappa shape index (κ3) is 5.13. The smallest absolute Gasteiger partial charge is 0.338 e. The van der Waals surface area contributed by atoms with Crippen molar-refractivity contribution in [3.8, 4) is 0 Å². The van der Waals surface area contributed by atoms with Crippen LogP contribution in [0.25, 0.3) is 0 Å². The summed E-state index contributed by atoms with van der Waals surface area (Å²) in [5.74, 6) is -2.16. The van der Waals surface area contributed by atoms with Crippen LogP contribution in [0.2, 0.25) is 0 Å². The second-order valence-electron chi connectivity index (χ2n) is 5.28. The van der Waals surface area contributed by atoms with Crippen molar-refractivity contribution in [2.75, 3.05) is 10.6 Å². The Morgan fingerprint density at radius 2 is 1.64 bits per heavy atom. The van der Waals surface area contributed by atoms with E-state index in [0.717, 1.165) is 0 Å². The number of para-hydroxylation sites is 1. The number of carbonyl (C=O) groups excluding carboxylic acids is 3. The molecule has 0 aliphatic carbocycles. The van der Waals surface area contributed by atoms with Crippen LogP contribution in [0, 0.1) is 5.82 Å². The van der Waals surface area contributed by atoms with Gasteiger partial charge in [0.15, 0.2) is 6.10 Å². The molecule has 2 aromatic rings. The first-order chi connectivity index (χ1) is 11.9. The summed E-state index contributed by atoms with van der Waals surface area (Å²) in [6.07, 6.45) is -1.11. The third-order valence-corrected chi connectivity index (χ3v) is 3.23. The largest absolute Gasteiger partial charge is 0.449 e. The normalized spacial score (nSPS) is 11.3. The Balaban J connectivity index is 1.96. The zero-order valence-electron chi connectivity index (χ0n) is 13.7. The number of halogens is 1. The van der Waals surface area contributed by atoms with Gasteiger partial charge in [0.25, 0.3) is 5.91 Å². The first-order valence-corrected chi connectivity index (χ1v) is 7.51. The molecule has 2 aromatic carbocycles. The molecule has 2 N–H and O–H groups in total. The summed E-state index contributed by atoms with van der Waals surface area (Å²) in [7, 11) is 0. The first-order valence-electron chi connectivity index (χ1n) is 7.51. The van der Waals surface area contributed by atoms with E-state index in [1.807, 2.05) is 0 Å². The zero-order chi connectivity index (χ0) is 18.4. The molecule has 0 saturated carbocycles. The molecule has 0 heterocycles. The van der Waals surface area contributed by atoms with Gasteiger partial charge in [0.05, 0.1) is 11.3 Å². The maximum atomic E-state index is 13.5. The van der Waals surface area contributed by atoms with E-state index in [1.165, 1.54) is 44.2 Å². The van der Waals surface area contributed by atoms with Gasteiger partial charge in [0.1, 0.15) is 5.82 Å². The Morgan fingerprint density at radius 3 is 2.24 bits per heavy atom. The summed E-state index contributed by atoms with van der Waals surface area (Å²) in [6.45, 7) is 2.76. The van der Waals surface area contributed by atoms with Crippen LogP contribution in [-0.2, 0) is 14.3 Å². The summed E-state index contributed by atoms with van der Waals surface area (Å²) in [5, 5.41) is 4.93. The van der Waals surface area contributed by atoms with Gasteiger partial charge < -0.3 is 15.4 Å². The second-order valence-corrected chi connectivity index (χ2v) is 5.28. The number of anilines is 2. The highest BCUT2D eigenvalue weighted by Gasteiger charge is 2.20. The number of rotatable bonds is 5. The number of esters is 1. The SMILES string of the molecule is CC(=O)Nc1ccc(C(=O)O[C@H](C)C(=O)Nc2ccccc2F)cc1. The highest BCUT2D eigenvalue weighted by atomic mass is 19.1. The Labute approximate surface area is 144 Å². The fourth-order valence-corrected chi connectivity index (χ4v) is 1.97. The molecule has 2 amide bonds. The van der Waals surface area contributed by atoms with Crippen LogP contribution in [0.5, 0.6) is 0 Å². The minimum atomic E-state index is -1.11. The molecule has 1 atom stereocenters. The van der Waals surface area contributed by atoms with Crippen LogP contribution in [-0.4, -0.2) is 23.9 Å². The molecule has 0 fully saturated rings. The number of nitrogens with one attached hydrogen (secondary N) is 2. The summed E-state index contributed by atoms with van der Waals surface area (Å²) in [6, 6.07) is 11.7. The minimum absolute atomic E-state index is 0.00931. The minimum Gasteiger partial charge on any atom is -0.449 e. The van der Waals surface area contributed by atoms with E-state index in [0.29, 0.717) is 5.69 Å². The highest BCUT2D eigenvalue weighted by Crippen LogP contribution is 2.14. The lowest BCUT2D eigenvalue weighted by atomic mass is 10.2. The predicted molar refractivity (Wildman–Crippen MR) is 90.7 cm³/mol. The molecule has 0 unspecified atom stereocenters. The summed E-state index contributed by atoms with van der Waals surface area (Å²) >= 11 is 0. The third-order valence-electron chi connectivity index (χ3n) is 3.23. The number of hydrogen-bond acceptors (Lipinski definition) is 4. The van der Waals surface area contributed by atoms with Crippen molar-refractivity contribution in [1.82, 2.24) is 0 Å². The maximum absolute atomic E-state index is 13.5. The van der Waals surface area contributed by atoms with Gasteiger partial charge in [0, 0.05) is 12.6 Å². The molecule has 0 saturated heterocycles. The molecule has 0 aliphatic heterocycles.